The Morgan fingerprint density at radius 1 is 1.05 bits per heavy atom. The lowest BCUT2D eigenvalue weighted by molar-refractivity contribution is -0.117. The Balaban J connectivity index is 1.13. The van der Waals surface area contributed by atoms with Gasteiger partial charge in [-0.05, 0) is 56.8 Å². The van der Waals surface area contributed by atoms with Crippen molar-refractivity contribution in [2.75, 3.05) is 23.7 Å². The highest BCUT2D eigenvalue weighted by atomic mass is 16.2. The highest BCUT2D eigenvalue weighted by molar-refractivity contribution is 6.06. The van der Waals surface area contributed by atoms with Gasteiger partial charge < -0.3 is 15.6 Å². The van der Waals surface area contributed by atoms with Crippen molar-refractivity contribution in [3.8, 4) is 11.3 Å². The van der Waals surface area contributed by atoms with Crippen LogP contribution in [0.25, 0.3) is 22.3 Å². The number of likely N-dealkylation sites (tertiary alicyclic amines) is 1. The minimum atomic E-state index is -0.294. The van der Waals surface area contributed by atoms with E-state index in [4.69, 9.17) is 0 Å². The smallest absolute Gasteiger partial charge is 0.257 e. The van der Waals surface area contributed by atoms with E-state index in [2.05, 4.69) is 35.6 Å². The third kappa shape index (κ3) is 4.91. The number of hydrogen-bond acceptors (Lipinski definition) is 6. The minimum absolute atomic E-state index is 0.0503. The Kier molecular flexibility index (Phi) is 6.40. The predicted octanol–water partition coefficient (Wildman–Crippen LogP) is 4.12. The number of carbonyl (C=O) groups excluding carboxylic acids is 2. The number of aryl methyl sites for hydroxylation is 2. The molecule has 6 rings (SSSR count). The molecule has 3 N–H and O–H groups in total. The molecule has 1 aliphatic heterocycles. The van der Waals surface area contributed by atoms with Crippen LogP contribution >= 0.6 is 0 Å². The molecule has 0 bridgehead atoms. The Hall–Kier alpha value is -4.05. The number of aromatic nitrogens is 5. The fourth-order valence-electron chi connectivity index (χ4n) is 5.86. The van der Waals surface area contributed by atoms with Gasteiger partial charge in [-0.3, -0.25) is 24.2 Å². The van der Waals surface area contributed by atoms with Crippen molar-refractivity contribution in [1.29, 1.82) is 0 Å². The molecule has 2 fully saturated rings. The molecule has 38 heavy (non-hydrogen) atoms. The van der Waals surface area contributed by atoms with Crippen LogP contribution in [0, 0.1) is 12.8 Å². The molecular weight excluding hydrogens is 480 g/mol. The third-order valence-corrected chi connectivity index (χ3v) is 7.84. The van der Waals surface area contributed by atoms with Gasteiger partial charge in [0.2, 0.25) is 5.91 Å². The molecule has 5 heterocycles. The van der Waals surface area contributed by atoms with Crippen LogP contribution in [0.2, 0.25) is 0 Å². The van der Waals surface area contributed by atoms with E-state index in [0.29, 0.717) is 40.9 Å². The summed E-state index contributed by atoms with van der Waals surface area (Å²) in [6.45, 7) is 3.20. The maximum atomic E-state index is 13.1. The van der Waals surface area contributed by atoms with Gasteiger partial charge in [0.1, 0.15) is 5.65 Å². The second kappa shape index (κ2) is 10.0. The van der Waals surface area contributed by atoms with Crippen LogP contribution in [0.15, 0.2) is 43.0 Å². The van der Waals surface area contributed by atoms with Gasteiger partial charge in [-0.2, -0.15) is 5.10 Å². The SMILES string of the molecule is Cc1ncc(NC(=O)CN2CCC3CCCCC32)cc1NC(=O)c1cnc2[nH]c(-c3cnn(C)c3)cc2c1. The Morgan fingerprint density at radius 2 is 1.92 bits per heavy atom. The molecule has 1 saturated carbocycles. The molecule has 0 aromatic carbocycles. The lowest BCUT2D eigenvalue weighted by atomic mass is 9.85. The fourth-order valence-corrected chi connectivity index (χ4v) is 5.86. The summed E-state index contributed by atoms with van der Waals surface area (Å²) in [5, 5.41) is 10.9. The molecule has 0 spiro atoms. The average Bonchev–Trinajstić information content (AvgIpc) is 3.64. The largest absolute Gasteiger partial charge is 0.339 e. The highest BCUT2D eigenvalue weighted by Gasteiger charge is 2.36. The number of carbonyl (C=O) groups is 2. The van der Waals surface area contributed by atoms with E-state index in [1.807, 2.05) is 26.2 Å². The van der Waals surface area contributed by atoms with E-state index in [9.17, 15) is 9.59 Å². The first kappa shape index (κ1) is 24.3. The van der Waals surface area contributed by atoms with E-state index < -0.39 is 0 Å². The van der Waals surface area contributed by atoms with Crippen molar-refractivity contribution in [2.45, 2.75) is 45.1 Å². The van der Waals surface area contributed by atoms with Crippen LogP contribution in [0.3, 0.4) is 0 Å². The van der Waals surface area contributed by atoms with Crippen molar-refractivity contribution >= 4 is 34.2 Å². The van der Waals surface area contributed by atoms with Gasteiger partial charge in [-0.25, -0.2) is 4.98 Å². The highest BCUT2D eigenvalue weighted by Crippen LogP contribution is 2.36. The number of amides is 2. The van der Waals surface area contributed by atoms with Crippen LogP contribution in [0.1, 0.15) is 48.2 Å². The maximum absolute atomic E-state index is 13.1. The predicted molar refractivity (Wildman–Crippen MR) is 146 cm³/mol. The number of nitrogens with one attached hydrogen (secondary N) is 3. The molecule has 2 atom stereocenters. The summed E-state index contributed by atoms with van der Waals surface area (Å²) in [5.41, 5.74) is 4.73. The van der Waals surface area contributed by atoms with Gasteiger partial charge in [0, 0.05) is 36.4 Å². The fraction of sp³-hybridized carbons (Fsp3) is 0.393. The zero-order valence-corrected chi connectivity index (χ0v) is 21.7. The van der Waals surface area contributed by atoms with E-state index in [1.54, 1.807) is 35.4 Å². The van der Waals surface area contributed by atoms with Crippen LogP contribution in [-0.2, 0) is 11.8 Å². The second-order valence-electron chi connectivity index (χ2n) is 10.5. The van der Waals surface area contributed by atoms with Gasteiger partial charge in [-0.15, -0.1) is 0 Å². The molecule has 4 aromatic heterocycles. The van der Waals surface area contributed by atoms with Crippen molar-refractivity contribution in [3.05, 3.63) is 54.2 Å². The van der Waals surface area contributed by atoms with Crippen molar-refractivity contribution in [1.82, 2.24) is 29.6 Å². The number of pyridine rings is 2. The Labute approximate surface area is 220 Å². The molecule has 2 unspecified atom stereocenters. The quantitative estimate of drug-likeness (QED) is 0.357. The van der Waals surface area contributed by atoms with Gasteiger partial charge in [-0.1, -0.05) is 12.8 Å². The average molecular weight is 513 g/mol. The molecule has 0 radical (unpaired) electrons. The first-order valence-electron chi connectivity index (χ1n) is 13.2. The summed E-state index contributed by atoms with van der Waals surface area (Å²) in [6.07, 6.45) is 13.1. The first-order chi connectivity index (χ1) is 18.4. The molecular formula is C28H32N8O2. The van der Waals surface area contributed by atoms with E-state index >= 15 is 0 Å². The third-order valence-electron chi connectivity index (χ3n) is 7.84. The second-order valence-corrected chi connectivity index (χ2v) is 10.5. The number of hydrogen-bond donors (Lipinski definition) is 3. The number of anilines is 2. The van der Waals surface area contributed by atoms with Crippen molar-refractivity contribution in [2.24, 2.45) is 13.0 Å². The number of rotatable bonds is 6. The van der Waals surface area contributed by atoms with Crippen LogP contribution in [-0.4, -0.2) is 60.6 Å². The van der Waals surface area contributed by atoms with Crippen LogP contribution in [0.5, 0.6) is 0 Å². The van der Waals surface area contributed by atoms with Crippen LogP contribution in [0.4, 0.5) is 11.4 Å². The molecule has 4 aromatic rings. The summed E-state index contributed by atoms with van der Waals surface area (Å²) in [7, 11) is 1.86. The normalized spacial score (nSPS) is 19.4. The number of H-pyrrole nitrogens is 1. The lowest BCUT2D eigenvalue weighted by Gasteiger charge is -2.31. The maximum Gasteiger partial charge on any atom is 0.257 e. The standard InChI is InChI=1S/C28H32N8O2/c1-17-23(11-22(14-29-17)32-26(37)16-36-8-7-18-5-3-4-6-25(18)36)34-28(38)20-9-19-10-24(33-27(19)30-12-20)21-13-31-35(2)15-21/h9-15,18,25H,3-8,16H2,1-2H3,(H,30,33)(H,32,37)(H,34,38). The van der Waals surface area contributed by atoms with Crippen LogP contribution < -0.4 is 10.6 Å². The summed E-state index contributed by atoms with van der Waals surface area (Å²) < 4.78 is 1.73. The zero-order valence-electron chi connectivity index (χ0n) is 21.7. The molecule has 2 aliphatic rings. The molecule has 196 valence electrons. The summed E-state index contributed by atoms with van der Waals surface area (Å²) >= 11 is 0. The Bertz CT molecular complexity index is 1510. The number of fused-ring (bicyclic) bond motifs is 2. The number of aromatic amines is 1. The van der Waals surface area contributed by atoms with Crippen molar-refractivity contribution < 1.29 is 9.59 Å². The summed E-state index contributed by atoms with van der Waals surface area (Å²) in [5.74, 6) is 0.393. The van der Waals surface area contributed by atoms with E-state index in [-0.39, 0.29) is 11.8 Å². The number of nitrogens with zero attached hydrogens (tertiary/aromatic N) is 5. The van der Waals surface area contributed by atoms with Gasteiger partial charge in [0.25, 0.3) is 5.91 Å². The van der Waals surface area contributed by atoms with E-state index in [0.717, 1.165) is 29.1 Å². The molecule has 10 heteroatoms. The molecule has 1 saturated heterocycles. The zero-order chi connectivity index (χ0) is 26.2. The molecule has 2 amide bonds. The first-order valence-corrected chi connectivity index (χ1v) is 13.2. The monoisotopic (exact) mass is 512 g/mol. The Morgan fingerprint density at radius 3 is 2.76 bits per heavy atom. The van der Waals surface area contributed by atoms with Gasteiger partial charge in [0.05, 0.1) is 47.3 Å². The summed E-state index contributed by atoms with van der Waals surface area (Å²) in [6, 6.07) is 6.05. The molecule has 10 nitrogen and oxygen atoms in total. The lowest BCUT2D eigenvalue weighted by Crippen LogP contribution is -2.39. The molecule has 1 aliphatic carbocycles. The minimum Gasteiger partial charge on any atom is -0.339 e. The van der Waals surface area contributed by atoms with Crippen molar-refractivity contribution in [3.63, 3.8) is 0 Å². The summed E-state index contributed by atoms with van der Waals surface area (Å²) in [4.78, 5) is 40.3. The van der Waals surface area contributed by atoms with Gasteiger partial charge >= 0.3 is 0 Å². The van der Waals surface area contributed by atoms with E-state index in [1.165, 1.54) is 32.1 Å². The van der Waals surface area contributed by atoms with Gasteiger partial charge in [0.15, 0.2) is 0 Å². The topological polar surface area (TPSA) is 121 Å².